The molecule has 0 saturated carbocycles. The Kier molecular flexibility index (Phi) is 5.11. The summed E-state index contributed by atoms with van der Waals surface area (Å²) in [4.78, 5) is 3.96. The number of nitrogens with zero attached hydrogens (tertiary/aromatic N) is 1. The molecule has 0 aliphatic heterocycles. The molecule has 1 aromatic rings. The normalized spacial score (nSPS) is 24.9. The molecule has 0 aromatic carbocycles. The zero-order valence-corrected chi connectivity index (χ0v) is 11.8. The van der Waals surface area contributed by atoms with Gasteiger partial charge in [0.25, 0.3) is 0 Å². The molecule has 104 valence electrons. The number of aliphatic hydroxyl groups is 1. The summed E-state index contributed by atoms with van der Waals surface area (Å²) in [7, 11) is 0. The van der Waals surface area contributed by atoms with Crippen LogP contribution in [0.3, 0.4) is 0 Å². The Hall–Kier alpha value is -1.19. The van der Waals surface area contributed by atoms with Crippen molar-refractivity contribution >= 4 is 0 Å². The van der Waals surface area contributed by atoms with E-state index in [2.05, 4.69) is 30.2 Å². The Morgan fingerprint density at radius 1 is 1.42 bits per heavy atom. The molecule has 1 aliphatic carbocycles. The van der Waals surface area contributed by atoms with E-state index < -0.39 is 6.10 Å². The van der Waals surface area contributed by atoms with Gasteiger partial charge >= 0.3 is 0 Å². The third kappa shape index (κ3) is 3.88. The number of nitrogens with one attached hydrogen (secondary N) is 1. The van der Waals surface area contributed by atoms with E-state index in [0.29, 0.717) is 12.5 Å². The Labute approximate surface area is 115 Å². The van der Waals surface area contributed by atoms with Crippen LogP contribution < -0.4 is 5.32 Å². The second-order valence-electron chi connectivity index (χ2n) is 5.56. The van der Waals surface area contributed by atoms with Crippen LogP contribution in [-0.4, -0.2) is 23.2 Å². The van der Waals surface area contributed by atoms with Crippen molar-refractivity contribution in [2.45, 2.75) is 32.8 Å². The lowest BCUT2D eigenvalue weighted by molar-refractivity contribution is 0.171. The van der Waals surface area contributed by atoms with Gasteiger partial charge < -0.3 is 10.4 Å². The maximum Gasteiger partial charge on any atom is 0.0915 e. The molecule has 0 spiro atoms. The van der Waals surface area contributed by atoms with Crippen molar-refractivity contribution in [3.8, 4) is 0 Å². The first-order chi connectivity index (χ1) is 9.18. The Balaban J connectivity index is 1.80. The summed E-state index contributed by atoms with van der Waals surface area (Å²) in [5, 5.41) is 13.5. The molecule has 0 saturated heterocycles. The van der Waals surface area contributed by atoms with Crippen LogP contribution in [0, 0.1) is 11.8 Å². The first kappa shape index (κ1) is 14.2. The smallest absolute Gasteiger partial charge is 0.0915 e. The summed E-state index contributed by atoms with van der Waals surface area (Å²) >= 11 is 0. The Morgan fingerprint density at radius 3 is 2.84 bits per heavy atom. The number of aromatic nitrogens is 1. The molecule has 0 bridgehead atoms. The molecule has 3 atom stereocenters. The fourth-order valence-corrected chi connectivity index (χ4v) is 2.82. The summed E-state index contributed by atoms with van der Waals surface area (Å²) in [6, 6.07) is 3.72. The van der Waals surface area contributed by atoms with E-state index in [4.69, 9.17) is 0 Å². The molecule has 0 amide bonds. The molecule has 3 nitrogen and oxygen atoms in total. The van der Waals surface area contributed by atoms with E-state index in [0.717, 1.165) is 18.0 Å². The molecule has 2 rings (SSSR count). The maximum absolute atomic E-state index is 10.1. The highest BCUT2D eigenvalue weighted by molar-refractivity contribution is 5.13. The van der Waals surface area contributed by atoms with Crippen LogP contribution >= 0.6 is 0 Å². The maximum atomic E-state index is 10.1. The standard InChI is InChI=1S/C16H24N2O/c1-12-4-3-5-13(2)15(12)10-18-11-16(19)14-6-8-17-9-7-14/h4,6-9,13,15-16,18-19H,3,5,10-11H2,1-2H3/t13-,15-,16-/m0/s1. The second kappa shape index (κ2) is 6.83. The third-order valence-corrected chi connectivity index (χ3v) is 4.15. The van der Waals surface area contributed by atoms with Crippen molar-refractivity contribution in [1.82, 2.24) is 10.3 Å². The van der Waals surface area contributed by atoms with Crippen molar-refractivity contribution in [3.63, 3.8) is 0 Å². The summed E-state index contributed by atoms with van der Waals surface area (Å²) < 4.78 is 0. The van der Waals surface area contributed by atoms with Crippen molar-refractivity contribution in [1.29, 1.82) is 0 Å². The molecule has 0 radical (unpaired) electrons. The molecule has 2 N–H and O–H groups in total. The van der Waals surface area contributed by atoms with Crippen LogP contribution in [0.5, 0.6) is 0 Å². The van der Waals surface area contributed by atoms with Gasteiger partial charge in [0.2, 0.25) is 0 Å². The Bertz CT molecular complexity index is 416. The Morgan fingerprint density at radius 2 is 2.16 bits per heavy atom. The number of pyridine rings is 1. The zero-order valence-electron chi connectivity index (χ0n) is 11.8. The SMILES string of the molecule is CC1=CCC[C@H](C)[C@H]1CNC[C@H](O)c1ccncc1. The predicted octanol–water partition coefficient (Wildman–Crippen LogP) is 2.70. The number of hydrogen-bond donors (Lipinski definition) is 2. The summed E-state index contributed by atoms with van der Waals surface area (Å²) in [5.41, 5.74) is 2.41. The van der Waals surface area contributed by atoms with Gasteiger partial charge in [-0.05, 0) is 49.3 Å². The fraction of sp³-hybridized carbons (Fsp3) is 0.562. The summed E-state index contributed by atoms with van der Waals surface area (Å²) in [5.74, 6) is 1.34. The van der Waals surface area contributed by atoms with Crippen LogP contribution in [-0.2, 0) is 0 Å². The van der Waals surface area contributed by atoms with Gasteiger partial charge in [0, 0.05) is 25.5 Å². The topological polar surface area (TPSA) is 45.1 Å². The van der Waals surface area contributed by atoms with E-state index in [1.54, 1.807) is 12.4 Å². The molecule has 1 aromatic heterocycles. The minimum Gasteiger partial charge on any atom is -0.387 e. The van der Waals surface area contributed by atoms with E-state index >= 15 is 0 Å². The molecular weight excluding hydrogens is 236 g/mol. The van der Waals surface area contributed by atoms with Crippen LogP contribution in [0.15, 0.2) is 36.2 Å². The molecule has 0 unspecified atom stereocenters. The van der Waals surface area contributed by atoms with E-state index in [9.17, 15) is 5.11 Å². The lowest BCUT2D eigenvalue weighted by atomic mass is 9.80. The average molecular weight is 260 g/mol. The monoisotopic (exact) mass is 260 g/mol. The highest BCUT2D eigenvalue weighted by atomic mass is 16.3. The van der Waals surface area contributed by atoms with Gasteiger partial charge in [-0.25, -0.2) is 0 Å². The van der Waals surface area contributed by atoms with Gasteiger partial charge in [-0.3, -0.25) is 4.98 Å². The van der Waals surface area contributed by atoms with Gasteiger partial charge in [0.15, 0.2) is 0 Å². The zero-order chi connectivity index (χ0) is 13.7. The molecule has 19 heavy (non-hydrogen) atoms. The highest BCUT2D eigenvalue weighted by Gasteiger charge is 2.21. The van der Waals surface area contributed by atoms with Gasteiger partial charge in [0.1, 0.15) is 0 Å². The van der Waals surface area contributed by atoms with Gasteiger partial charge in [-0.2, -0.15) is 0 Å². The van der Waals surface area contributed by atoms with Crippen LogP contribution in [0.1, 0.15) is 38.4 Å². The molecule has 0 fully saturated rings. The van der Waals surface area contributed by atoms with Crippen LogP contribution in [0.4, 0.5) is 0 Å². The van der Waals surface area contributed by atoms with Crippen molar-refractivity contribution in [3.05, 3.63) is 41.7 Å². The number of aliphatic hydroxyl groups excluding tert-OH is 1. The van der Waals surface area contributed by atoms with Crippen molar-refractivity contribution in [2.24, 2.45) is 11.8 Å². The predicted molar refractivity (Wildman–Crippen MR) is 77.7 cm³/mol. The first-order valence-electron chi connectivity index (χ1n) is 7.14. The van der Waals surface area contributed by atoms with Gasteiger partial charge in [0.05, 0.1) is 6.10 Å². The largest absolute Gasteiger partial charge is 0.387 e. The number of hydrogen-bond acceptors (Lipinski definition) is 3. The van der Waals surface area contributed by atoms with Crippen LogP contribution in [0.25, 0.3) is 0 Å². The molecule has 3 heteroatoms. The molecule has 1 heterocycles. The fourth-order valence-electron chi connectivity index (χ4n) is 2.82. The summed E-state index contributed by atoms with van der Waals surface area (Å²) in [6.07, 6.45) is 7.82. The van der Waals surface area contributed by atoms with Crippen molar-refractivity contribution < 1.29 is 5.11 Å². The van der Waals surface area contributed by atoms with E-state index in [-0.39, 0.29) is 0 Å². The highest BCUT2D eigenvalue weighted by Crippen LogP contribution is 2.29. The van der Waals surface area contributed by atoms with Crippen LogP contribution in [0.2, 0.25) is 0 Å². The molecular formula is C16H24N2O. The minimum absolute atomic E-state index is 0.453. The van der Waals surface area contributed by atoms with E-state index in [1.807, 2.05) is 12.1 Å². The first-order valence-corrected chi connectivity index (χ1v) is 7.14. The number of rotatable bonds is 5. The van der Waals surface area contributed by atoms with Gasteiger partial charge in [-0.1, -0.05) is 18.6 Å². The third-order valence-electron chi connectivity index (χ3n) is 4.15. The lowest BCUT2D eigenvalue weighted by Gasteiger charge is -2.29. The number of allylic oxidation sites excluding steroid dienone is 1. The van der Waals surface area contributed by atoms with Crippen molar-refractivity contribution in [2.75, 3.05) is 13.1 Å². The second-order valence-corrected chi connectivity index (χ2v) is 5.56. The lowest BCUT2D eigenvalue weighted by Crippen LogP contribution is -2.32. The van der Waals surface area contributed by atoms with Gasteiger partial charge in [-0.15, -0.1) is 0 Å². The quantitative estimate of drug-likeness (QED) is 0.800. The average Bonchev–Trinajstić information content (AvgIpc) is 2.43. The molecule has 1 aliphatic rings. The summed E-state index contributed by atoms with van der Waals surface area (Å²) in [6.45, 7) is 6.09. The van der Waals surface area contributed by atoms with E-state index in [1.165, 1.54) is 18.4 Å². The minimum atomic E-state index is -0.453.